The van der Waals surface area contributed by atoms with Crippen LogP contribution in [-0.4, -0.2) is 46.9 Å². The Balaban J connectivity index is 1.35. The first-order chi connectivity index (χ1) is 15.1. The predicted octanol–water partition coefficient (Wildman–Crippen LogP) is 2.83. The van der Waals surface area contributed by atoms with Crippen LogP contribution in [0.15, 0.2) is 11.6 Å². The summed E-state index contributed by atoms with van der Waals surface area (Å²) >= 11 is 0. The number of fused-ring (bicyclic) bond motifs is 1. The summed E-state index contributed by atoms with van der Waals surface area (Å²) in [6.07, 6.45) is 7.58. The topological polar surface area (TPSA) is 99.1 Å². The number of cyclic esters (lactones) is 1. The van der Waals surface area contributed by atoms with Gasteiger partial charge in [0.2, 0.25) is 0 Å². The van der Waals surface area contributed by atoms with E-state index in [2.05, 4.69) is 6.92 Å². The van der Waals surface area contributed by atoms with Crippen LogP contribution < -0.4 is 0 Å². The number of hydrogen-bond donors (Lipinski definition) is 1. The summed E-state index contributed by atoms with van der Waals surface area (Å²) in [6.45, 7) is 4.07. The summed E-state index contributed by atoms with van der Waals surface area (Å²) in [7, 11) is 0. The van der Waals surface area contributed by atoms with Crippen molar-refractivity contribution in [2.24, 2.45) is 28.6 Å². The highest BCUT2D eigenvalue weighted by Crippen LogP contribution is 2.75. The van der Waals surface area contributed by atoms with Crippen LogP contribution in [0.1, 0.15) is 71.6 Å². The zero-order valence-electron chi connectivity index (χ0n) is 18.9. The van der Waals surface area contributed by atoms with E-state index in [0.717, 1.165) is 31.3 Å². The molecular formula is C25H32O7. The third-order valence-corrected chi connectivity index (χ3v) is 10.4. The molecule has 0 aromatic heterocycles. The molecule has 6 rings (SSSR count). The molecule has 7 heteroatoms. The monoisotopic (exact) mass is 444 g/mol. The van der Waals surface area contributed by atoms with E-state index in [1.54, 1.807) is 6.08 Å². The molecule has 174 valence electrons. The van der Waals surface area contributed by atoms with Crippen molar-refractivity contribution >= 4 is 17.9 Å². The maximum Gasteiger partial charge on any atom is 0.331 e. The standard InChI is InChI=1S/C25H32O7/c1-14(26)31-16-5-8-24-19-6-7-22(2)17(15-11-20(27)30-13-15)3-4-18(22)25(19,32-21(24)28)10-9-23(24,29)12-16/h11,16-19,29H,3-10,12-13H2,1-2H3/t16-,17-,18-,19-,22+,23+,24-,25-/m0/s1. The quantitative estimate of drug-likeness (QED) is 0.516. The molecule has 32 heavy (non-hydrogen) atoms. The van der Waals surface area contributed by atoms with Crippen molar-refractivity contribution < 1.29 is 33.7 Å². The van der Waals surface area contributed by atoms with Gasteiger partial charge < -0.3 is 19.3 Å². The van der Waals surface area contributed by atoms with Crippen LogP contribution in [0.3, 0.4) is 0 Å². The molecule has 8 atom stereocenters. The number of hydrogen-bond acceptors (Lipinski definition) is 7. The number of ether oxygens (including phenoxy) is 3. The van der Waals surface area contributed by atoms with Gasteiger partial charge in [-0.2, -0.15) is 0 Å². The number of esters is 3. The van der Waals surface area contributed by atoms with E-state index in [1.165, 1.54) is 6.92 Å². The van der Waals surface area contributed by atoms with Crippen molar-refractivity contribution in [1.82, 2.24) is 0 Å². The zero-order chi connectivity index (χ0) is 22.5. The summed E-state index contributed by atoms with van der Waals surface area (Å²) in [5.74, 6) is -0.360. The van der Waals surface area contributed by atoms with Gasteiger partial charge in [0.05, 0.1) is 5.60 Å². The van der Waals surface area contributed by atoms with E-state index >= 15 is 0 Å². The van der Waals surface area contributed by atoms with Crippen LogP contribution in [-0.2, 0) is 28.6 Å². The molecule has 2 aliphatic heterocycles. The van der Waals surface area contributed by atoms with Crippen molar-refractivity contribution in [2.75, 3.05) is 6.61 Å². The fourth-order valence-electron chi connectivity index (χ4n) is 9.27. The highest BCUT2D eigenvalue weighted by atomic mass is 16.6. The first-order valence-corrected chi connectivity index (χ1v) is 12.1. The molecule has 1 spiro atoms. The molecule has 1 saturated heterocycles. The van der Waals surface area contributed by atoms with Crippen LogP contribution in [0.2, 0.25) is 0 Å². The average Bonchev–Trinajstić information content (AvgIpc) is 3.34. The van der Waals surface area contributed by atoms with Gasteiger partial charge in [0.25, 0.3) is 0 Å². The Kier molecular flexibility index (Phi) is 4.12. The largest absolute Gasteiger partial charge is 0.462 e. The smallest absolute Gasteiger partial charge is 0.331 e. The van der Waals surface area contributed by atoms with Crippen LogP contribution in [0.5, 0.6) is 0 Å². The molecule has 5 fully saturated rings. The predicted molar refractivity (Wildman–Crippen MR) is 111 cm³/mol. The lowest BCUT2D eigenvalue weighted by Crippen LogP contribution is -2.67. The molecule has 0 aromatic rings. The molecule has 0 amide bonds. The van der Waals surface area contributed by atoms with Crippen LogP contribution in [0.25, 0.3) is 0 Å². The lowest BCUT2D eigenvalue weighted by atomic mass is 9.42. The Morgan fingerprint density at radius 3 is 2.62 bits per heavy atom. The van der Waals surface area contributed by atoms with Crippen molar-refractivity contribution in [3.05, 3.63) is 11.6 Å². The number of carbonyl (C=O) groups excluding carboxylic acids is 3. The van der Waals surface area contributed by atoms with Gasteiger partial charge in [-0.15, -0.1) is 0 Å². The second kappa shape index (κ2) is 6.37. The van der Waals surface area contributed by atoms with E-state index in [9.17, 15) is 19.5 Å². The summed E-state index contributed by atoms with van der Waals surface area (Å²) in [6, 6.07) is 0. The molecule has 6 aliphatic rings. The van der Waals surface area contributed by atoms with Crippen LogP contribution >= 0.6 is 0 Å². The molecule has 2 heterocycles. The fourth-order valence-corrected chi connectivity index (χ4v) is 9.27. The molecule has 4 saturated carbocycles. The Labute approximate surface area is 187 Å². The van der Waals surface area contributed by atoms with E-state index in [-0.39, 0.29) is 47.2 Å². The molecule has 0 unspecified atom stereocenters. The molecule has 1 N–H and O–H groups in total. The maximum atomic E-state index is 13.6. The van der Waals surface area contributed by atoms with Gasteiger partial charge in [-0.3, -0.25) is 9.59 Å². The summed E-state index contributed by atoms with van der Waals surface area (Å²) in [5, 5.41) is 11.9. The first-order valence-electron chi connectivity index (χ1n) is 12.1. The fraction of sp³-hybridized carbons (Fsp3) is 0.800. The molecule has 2 bridgehead atoms. The average molecular weight is 445 g/mol. The second-order valence-electron chi connectivity index (χ2n) is 11.4. The number of aliphatic hydroxyl groups is 1. The van der Waals surface area contributed by atoms with Crippen LogP contribution in [0.4, 0.5) is 0 Å². The molecule has 0 radical (unpaired) electrons. The Morgan fingerprint density at radius 2 is 1.91 bits per heavy atom. The minimum absolute atomic E-state index is 0.00760. The SMILES string of the molecule is CC(=O)O[C@H]1CC[C@]23C(=O)O[C@]4(CC[C@@]2(O)C1)[C@H]3CC[C@]1(C)[C@H](C2=CC(=O)OC2)CC[C@@H]14. The highest BCUT2D eigenvalue weighted by Gasteiger charge is 2.80. The van der Waals surface area contributed by atoms with Gasteiger partial charge in [-0.25, -0.2) is 4.79 Å². The van der Waals surface area contributed by atoms with Crippen molar-refractivity contribution in [3.8, 4) is 0 Å². The lowest BCUT2D eigenvalue weighted by molar-refractivity contribution is -0.218. The van der Waals surface area contributed by atoms with Crippen molar-refractivity contribution in [3.63, 3.8) is 0 Å². The maximum absolute atomic E-state index is 13.6. The zero-order valence-corrected chi connectivity index (χ0v) is 18.9. The normalized spacial score (nSPS) is 51.2. The Bertz CT molecular complexity index is 941. The van der Waals surface area contributed by atoms with E-state index in [4.69, 9.17) is 14.2 Å². The number of rotatable bonds is 2. The van der Waals surface area contributed by atoms with Crippen molar-refractivity contribution in [1.29, 1.82) is 0 Å². The van der Waals surface area contributed by atoms with E-state index in [0.29, 0.717) is 38.7 Å². The third kappa shape index (κ3) is 2.33. The molecule has 0 aromatic carbocycles. The summed E-state index contributed by atoms with van der Waals surface area (Å²) < 4.78 is 17.1. The van der Waals surface area contributed by atoms with Gasteiger partial charge in [0, 0.05) is 31.3 Å². The summed E-state index contributed by atoms with van der Waals surface area (Å²) in [5.41, 5.74) is -1.58. The number of carbonyl (C=O) groups is 3. The minimum Gasteiger partial charge on any atom is -0.462 e. The summed E-state index contributed by atoms with van der Waals surface area (Å²) in [4.78, 5) is 36.9. The first kappa shape index (κ1) is 20.7. The molecular weight excluding hydrogens is 412 g/mol. The highest BCUT2D eigenvalue weighted by molar-refractivity contribution is 5.85. The lowest BCUT2D eigenvalue weighted by Gasteiger charge is -2.61. The van der Waals surface area contributed by atoms with Gasteiger partial charge in [0.15, 0.2) is 0 Å². The third-order valence-electron chi connectivity index (χ3n) is 10.4. The van der Waals surface area contributed by atoms with Gasteiger partial charge in [-0.05, 0) is 68.3 Å². The minimum atomic E-state index is -1.19. The van der Waals surface area contributed by atoms with Crippen LogP contribution in [0, 0.1) is 28.6 Å². The van der Waals surface area contributed by atoms with Gasteiger partial charge in [0.1, 0.15) is 23.7 Å². The van der Waals surface area contributed by atoms with Gasteiger partial charge >= 0.3 is 17.9 Å². The second-order valence-corrected chi connectivity index (χ2v) is 11.4. The van der Waals surface area contributed by atoms with Crippen molar-refractivity contribution in [2.45, 2.75) is 88.9 Å². The van der Waals surface area contributed by atoms with Gasteiger partial charge in [-0.1, -0.05) is 6.92 Å². The molecule has 4 aliphatic carbocycles. The molecule has 7 nitrogen and oxygen atoms in total. The van der Waals surface area contributed by atoms with E-state index < -0.39 is 16.6 Å². The Hall–Kier alpha value is -1.89. The van der Waals surface area contributed by atoms with E-state index in [1.807, 2.05) is 0 Å². The Morgan fingerprint density at radius 1 is 1.09 bits per heavy atom.